The molecule has 5 heteroatoms. The van der Waals surface area contributed by atoms with E-state index >= 15 is 0 Å². The SMILES string of the molecule is CCS(=O)(=O)c1ccc(N[C@@H]2CCC[C@@H]2O)cc1. The average molecular weight is 269 g/mol. The normalized spacial score (nSPS) is 24.1. The Morgan fingerprint density at radius 1 is 1.28 bits per heavy atom. The van der Waals surface area contributed by atoms with Gasteiger partial charge in [0, 0.05) is 5.69 Å². The van der Waals surface area contributed by atoms with Crippen molar-refractivity contribution < 1.29 is 13.5 Å². The molecule has 1 aliphatic rings. The maximum absolute atomic E-state index is 11.6. The van der Waals surface area contributed by atoms with Gasteiger partial charge in [-0.3, -0.25) is 0 Å². The highest BCUT2D eigenvalue weighted by atomic mass is 32.2. The maximum atomic E-state index is 11.6. The Bertz CT molecular complexity index is 495. The molecular formula is C13H19NO3S. The zero-order valence-corrected chi connectivity index (χ0v) is 11.3. The van der Waals surface area contributed by atoms with Crippen LogP contribution >= 0.6 is 0 Å². The van der Waals surface area contributed by atoms with Gasteiger partial charge >= 0.3 is 0 Å². The van der Waals surface area contributed by atoms with E-state index in [4.69, 9.17) is 0 Å². The van der Waals surface area contributed by atoms with Gasteiger partial charge < -0.3 is 10.4 Å². The molecule has 1 aromatic rings. The smallest absolute Gasteiger partial charge is 0.178 e. The second kappa shape index (κ2) is 5.28. The number of aliphatic hydroxyl groups is 1. The Hall–Kier alpha value is -1.07. The first kappa shape index (κ1) is 13.4. The third kappa shape index (κ3) is 2.84. The molecule has 0 aromatic heterocycles. The molecule has 100 valence electrons. The lowest BCUT2D eigenvalue weighted by molar-refractivity contribution is 0.172. The van der Waals surface area contributed by atoms with Crippen molar-refractivity contribution in [1.29, 1.82) is 0 Å². The monoisotopic (exact) mass is 269 g/mol. The minimum atomic E-state index is -3.13. The lowest BCUT2D eigenvalue weighted by Crippen LogP contribution is -2.27. The van der Waals surface area contributed by atoms with Crippen molar-refractivity contribution in [2.75, 3.05) is 11.1 Å². The van der Waals surface area contributed by atoms with Crippen molar-refractivity contribution in [2.24, 2.45) is 0 Å². The van der Waals surface area contributed by atoms with Gasteiger partial charge in [0.25, 0.3) is 0 Å². The Labute approximate surface area is 108 Å². The van der Waals surface area contributed by atoms with Crippen molar-refractivity contribution in [2.45, 2.75) is 43.2 Å². The summed E-state index contributed by atoms with van der Waals surface area (Å²) in [7, 11) is -3.13. The van der Waals surface area contributed by atoms with Gasteiger partial charge in [-0.15, -0.1) is 0 Å². The highest BCUT2D eigenvalue weighted by Crippen LogP contribution is 2.23. The Kier molecular flexibility index (Phi) is 3.92. The van der Waals surface area contributed by atoms with Crippen LogP contribution < -0.4 is 5.32 Å². The molecule has 1 aromatic carbocycles. The van der Waals surface area contributed by atoms with Crippen LogP contribution in [0.3, 0.4) is 0 Å². The minimum absolute atomic E-state index is 0.0821. The molecule has 1 saturated carbocycles. The van der Waals surface area contributed by atoms with Gasteiger partial charge in [-0.05, 0) is 43.5 Å². The highest BCUT2D eigenvalue weighted by molar-refractivity contribution is 7.91. The number of sulfone groups is 1. The molecule has 1 aliphatic carbocycles. The lowest BCUT2D eigenvalue weighted by Gasteiger charge is -2.17. The fraction of sp³-hybridized carbons (Fsp3) is 0.538. The van der Waals surface area contributed by atoms with E-state index in [-0.39, 0.29) is 17.9 Å². The van der Waals surface area contributed by atoms with Gasteiger partial charge in [0.2, 0.25) is 0 Å². The van der Waals surface area contributed by atoms with E-state index in [0.29, 0.717) is 4.90 Å². The van der Waals surface area contributed by atoms with Crippen molar-refractivity contribution >= 4 is 15.5 Å². The quantitative estimate of drug-likeness (QED) is 0.875. The number of hydrogen-bond donors (Lipinski definition) is 2. The molecule has 0 radical (unpaired) electrons. The maximum Gasteiger partial charge on any atom is 0.178 e. The van der Waals surface area contributed by atoms with Crippen LogP contribution in [0.1, 0.15) is 26.2 Å². The molecule has 4 nitrogen and oxygen atoms in total. The highest BCUT2D eigenvalue weighted by Gasteiger charge is 2.24. The number of aliphatic hydroxyl groups excluding tert-OH is 1. The minimum Gasteiger partial charge on any atom is -0.391 e. The zero-order chi connectivity index (χ0) is 13.2. The van der Waals surface area contributed by atoms with Crippen molar-refractivity contribution in [3.63, 3.8) is 0 Å². The second-order valence-corrected chi connectivity index (χ2v) is 6.96. The van der Waals surface area contributed by atoms with Crippen LogP contribution in [0.15, 0.2) is 29.2 Å². The number of benzene rings is 1. The first-order chi connectivity index (χ1) is 8.53. The van der Waals surface area contributed by atoms with Gasteiger partial charge in [0.1, 0.15) is 0 Å². The van der Waals surface area contributed by atoms with Crippen LogP contribution in [0.5, 0.6) is 0 Å². The Balaban J connectivity index is 2.08. The van der Waals surface area contributed by atoms with Crippen LogP contribution in [0, 0.1) is 0 Å². The summed E-state index contributed by atoms with van der Waals surface area (Å²) < 4.78 is 23.3. The third-order valence-electron chi connectivity index (χ3n) is 3.43. The summed E-state index contributed by atoms with van der Waals surface area (Å²) in [6, 6.07) is 6.82. The molecule has 1 fully saturated rings. The van der Waals surface area contributed by atoms with Gasteiger partial charge in [-0.2, -0.15) is 0 Å². The molecule has 18 heavy (non-hydrogen) atoms. The van der Waals surface area contributed by atoms with Crippen molar-refractivity contribution in [3.8, 4) is 0 Å². The molecule has 2 atom stereocenters. The van der Waals surface area contributed by atoms with Crippen molar-refractivity contribution in [1.82, 2.24) is 0 Å². The standard InChI is InChI=1S/C13H19NO3S/c1-2-18(16,17)11-8-6-10(7-9-11)14-12-4-3-5-13(12)15/h6-9,12-15H,2-5H2,1H3/t12-,13+/m1/s1. The van der Waals surface area contributed by atoms with E-state index in [2.05, 4.69) is 5.32 Å². The van der Waals surface area contributed by atoms with E-state index in [0.717, 1.165) is 24.9 Å². The zero-order valence-electron chi connectivity index (χ0n) is 10.5. The molecule has 2 N–H and O–H groups in total. The number of hydrogen-bond acceptors (Lipinski definition) is 4. The molecular weight excluding hydrogens is 250 g/mol. The molecule has 0 saturated heterocycles. The summed E-state index contributed by atoms with van der Waals surface area (Å²) in [6.07, 6.45) is 2.51. The average Bonchev–Trinajstić information content (AvgIpc) is 2.76. The van der Waals surface area contributed by atoms with Crippen molar-refractivity contribution in [3.05, 3.63) is 24.3 Å². The summed E-state index contributed by atoms with van der Waals surface area (Å²) >= 11 is 0. The number of rotatable bonds is 4. The number of nitrogens with one attached hydrogen (secondary N) is 1. The van der Waals surface area contributed by atoms with E-state index in [1.165, 1.54) is 0 Å². The van der Waals surface area contributed by atoms with E-state index in [1.807, 2.05) is 0 Å². The predicted octanol–water partition coefficient (Wildman–Crippen LogP) is 1.81. The molecule has 0 spiro atoms. The molecule has 0 heterocycles. The molecule has 0 unspecified atom stereocenters. The van der Waals surface area contributed by atoms with E-state index in [9.17, 15) is 13.5 Å². The number of anilines is 1. The van der Waals surface area contributed by atoms with Crippen LogP contribution in [-0.2, 0) is 9.84 Å². The van der Waals surface area contributed by atoms with Gasteiger partial charge in [-0.1, -0.05) is 6.92 Å². The summed E-state index contributed by atoms with van der Waals surface area (Å²) in [5.41, 5.74) is 0.857. The fourth-order valence-corrected chi connectivity index (χ4v) is 3.13. The Morgan fingerprint density at radius 2 is 1.94 bits per heavy atom. The summed E-state index contributed by atoms with van der Waals surface area (Å²) in [6.45, 7) is 1.64. The summed E-state index contributed by atoms with van der Waals surface area (Å²) in [5.74, 6) is 0.112. The van der Waals surface area contributed by atoms with Crippen LogP contribution in [0.2, 0.25) is 0 Å². The lowest BCUT2D eigenvalue weighted by atomic mass is 10.2. The molecule has 2 rings (SSSR count). The summed E-state index contributed by atoms with van der Waals surface area (Å²) in [5, 5.41) is 13.0. The van der Waals surface area contributed by atoms with E-state index in [1.54, 1.807) is 31.2 Å². The Morgan fingerprint density at radius 3 is 2.44 bits per heavy atom. The van der Waals surface area contributed by atoms with Gasteiger partial charge in [-0.25, -0.2) is 8.42 Å². The topological polar surface area (TPSA) is 66.4 Å². The first-order valence-corrected chi connectivity index (χ1v) is 7.95. The summed E-state index contributed by atoms with van der Waals surface area (Å²) in [4.78, 5) is 0.350. The molecule has 0 amide bonds. The van der Waals surface area contributed by atoms with Gasteiger partial charge in [0.05, 0.1) is 22.8 Å². The second-order valence-electron chi connectivity index (χ2n) is 4.68. The fourth-order valence-electron chi connectivity index (χ4n) is 2.25. The molecule has 0 aliphatic heterocycles. The third-order valence-corrected chi connectivity index (χ3v) is 5.18. The molecule has 0 bridgehead atoms. The van der Waals surface area contributed by atoms with Crippen LogP contribution in [-0.4, -0.2) is 31.4 Å². The predicted molar refractivity (Wildman–Crippen MR) is 71.4 cm³/mol. The van der Waals surface area contributed by atoms with Crippen LogP contribution in [0.25, 0.3) is 0 Å². The first-order valence-electron chi connectivity index (χ1n) is 6.30. The van der Waals surface area contributed by atoms with Crippen LogP contribution in [0.4, 0.5) is 5.69 Å². The van der Waals surface area contributed by atoms with E-state index < -0.39 is 9.84 Å². The largest absolute Gasteiger partial charge is 0.391 e. The van der Waals surface area contributed by atoms with Gasteiger partial charge in [0.15, 0.2) is 9.84 Å².